The maximum atomic E-state index is 12.0. The molecule has 0 atom stereocenters. The number of ether oxygens (including phenoxy) is 2. The predicted molar refractivity (Wildman–Crippen MR) is 114 cm³/mol. The van der Waals surface area contributed by atoms with E-state index in [1.807, 2.05) is 0 Å². The summed E-state index contributed by atoms with van der Waals surface area (Å²) < 4.78 is 10.2. The summed E-state index contributed by atoms with van der Waals surface area (Å²) in [4.78, 5) is 23.7. The van der Waals surface area contributed by atoms with Gasteiger partial charge in [0.25, 0.3) is 0 Å². The van der Waals surface area contributed by atoms with Gasteiger partial charge in [-0.05, 0) is 51.5 Å². The Labute approximate surface area is 170 Å². The molecule has 0 unspecified atom stereocenters. The topological polar surface area (TPSA) is 64.6 Å². The van der Waals surface area contributed by atoms with Crippen molar-refractivity contribution in [3.8, 4) is 5.75 Å². The van der Waals surface area contributed by atoms with Crippen LogP contribution in [-0.2, 0) is 9.53 Å². The average molecular weight is 392 g/mol. The molecule has 0 spiro atoms. The summed E-state index contributed by atoms with van der Waals surface area (Å²) >= 11 is 0. The number of carbonyl (C=O) groups excluding carboxylic acids is 2. The summed E-state index contributed by atoms with van der Waals surface area (Å²) in [5.41, 5.74) is 0.0949. The van der Waals surface area contributed by atoms with Gasteiger partial charge in [-0.2, -0.15) is 0 Å². The first kappa shape index (κ1) is 24.0. The third kappa shape index (κ3) is 12.4. The van der Waals surface area contributed by atoms with Gasteiger partial charge < -0.3 is 14.8 Å². The van der Waals surface area contributed by atoms with Crippen molar-refractivity contribution >= 4 is 17.7 Å². The second-order valence-corrected chi connectivity index (χ2v) is 8.22. The molecule has 1 aromatic carbocycles. The van der Waals surface area contributed by atoms with Crippen molar-refractivity contribution < 1.29 is 19.1 Å². The van der Waals surface area contributed by atoms with Crippen LogP contribution in [0.1, 0.15) is 91.9 Å². The van der Waals surface area contributed by atoms with Crippen molar-refractivity contribution in [2.24, 2.45) is 0 Å². The molecule has 1 amide bonds. The molecule has 0 aliphatic heterocycles. The number of benzene rings is 1. The minimum Gasteiger partial charge on any atom is -0.428 e. The zero-order valence-electron chi connectivity index (χ0n) is 18.0. The minimum atomic E-state index is -0.741. The molecule has 0 saturated carbocycles. The van der Waals surface area contributed by atoms with Gasteiger partial charge in [-0.3, -0.25) is 4.79 Å². The Morgan fingerprint density at radius 3 is 1.93 bits per heavy atom. The SMILES string of the molecule is CCCCCCCCCCCC(=O)Nc1ccc(OC(=O)OC(C)(C)C)cc1. The first-order valence-electron chi connectivity index (χ1n) is 10.6. The van der Waals surface area contributed by atoms with Gasteiger partial charge in [0.1, 0.15) is 11.4 Å². The van der Waals surface area contributed by atoms with Crippen LogP contribution < -0.4 is 10.1 Å². The van der Waals surface area contributed by atoms with E-state index in [1.54, 1.807) is 45.0 Å². The van der Waals surface area contributed by atoms with Crippen LogP contribution in [0.3, 0.4) is 0 Å². The van der Waals surface area contributed by atoms with Gasteiger partial charge in [0.05, 0.1) is 0 Å². The fraction of sp³-hybridized carbons (Fsp3) is 0.652. The number of hydrogen-bond acceptors (Lipinski definition) is 4. The van der Waals surface area contributed by atoms with Crippen LogP contribution in [-0.4, -0.2) is 17.7 Å². The summed E-state index contributed by atoms with van der Waals surface area (Å²) in [5, 5.41) is 2.88. The molecule has 28 heavy (non-hydrogen) atoms. The lowest BCUT2D eigenvalue weighted by Gasteiger charge is -2.18. The lowest BCUT2D eigenvalue weighted by Crippen LogP contribution is -2.25. The number of rotatable bonds is 12. The molecule has 5 heteroatoms. The van der Waals surface area contributed by atoms with Crippen molar-refractivity contribution in [3.63, 3.8) is 0 Å². The number of amides is 1. The van der Waals surface area contributed by atoms with Crippen LogP contribution in [0.4, 0.5) is 10.5 Å². The highest BCUT2D eigenvalue weighted by Gasteiger charge is 2.18. The zero-order valence-corrected chi connectivity index (χ0v) is 18.0. The molecule has 0 aliphatic carbocycles. The number of hydrogen-bond donors (Lipinski definition) is 1. The van der Waals surface area contributed by atoms with Crippen molar-refractivity contribution in [2.45, 2.75) is 97.5 Å². The fourth-order valence-corrected chi connectivity index (χ4v) is 2.79. The monoisotopic (exact) mass is 391 g/mol. The number of unbranched alkanes of at least 4 members (excludes halogenated alkanes) is 8. The number of anilines is 1. The molecule has 0 saturated heterocycles. The molecule has 0 aliphatic rings. The summed E-state index contributed by atoms with van der Waals surface area (Å²) in [6.07, 6.45) is 10.9. The van der Waals surface area contributed by atoms with Crippen molar-refractivity contribution in [1.29, 1.82) is 0 Å². The van der Waals surface area contributed by atoms with Gasteiger partial charge in [-0.25, -0.2) is 4.79 Å². The summed E-state index contributed by atoms with van der Waals surface area (Å²) in [6.45, 7) is 7.57. The highest BCUT2D eigenvalue weighted by atomic mass is 16.7. The molecule has 5 nitrogen and oxygen atoms in total. The highest BCUT2D eigenvalue weighted by Crippen LogP contribution is 2.18. The summed E-state index contributed by atoms with van der Waals surface area (Å²) in [6, 6.07) is 6.71. The van der Waals surface area contributed by atoms with Crippen LogP contribution in [0.5, 0.6) is 5.75 Å². The van der Waals surface area contributed by atoms with Gasteiger partial charge in [0.15, 0.2) is 0 Å². The molecular weight excluding hydrogens is 354 g/mol. The molecule has 1 rings (SSSR count). The molecular formula is C23H37NO4. The molecule has 1 aromatic rings. The standard InChI is InChI=1S/C23H37NO4/c1-5-6-7-8-9-10-11-12-13-14-21(25)24-19-15-17-20(18-16-19)27-22(26)28-23(2,3)4/h15-18H,5-14H2,1-4H3,(H,24,25). The van der Waals surface area contributed by atoms with E-state index < -0.39 is 11.8 Å². The lowest BCUT2D eigenvalue weighted by molar-refractivity contribution is -0.116. The zero-order chi connectivity index (χ0) is 20.8. The maximum Gasteiger partial charge on any atom is 0.514 e. The Kier molecular flexibility index (Phi) is 11.3. The van der Waals surface area contributed by atoms with Crippen molar-refractivity contribution in [3.05, 3.63) is 24.3 Å². The summed E-state index contributed by atoms with van der Waals surface area (Å²) in [5.74, 6) is 0.398. The smallest absolute Gasteiger partial charge is 0.428 e. The van der Waals surface area contributed by atoms with Crippen molar-refractivity contribution in [2.75, 3.05) is 5.32 Å². The molecule has 0 radical (unpaired) electrons. The molecule has 0 aromatic heterocycles. The van der Waals surface area contributed by atoms with Crippen LogP contribution in [0.25, 0.3) is 0 Å². The predicted octanol–water partition coefficient (Wildman–Crippen LogP) is 6.86. The van der Waals surface area contributed by atoms with E-state index in [0.29, 0.717) is 17.9 Å². The van der Waals surface area contributed by atoms with Crippen molar-refractivity contribution in [1.82, 2.24) is 0 Å². The first-order valence-corrected chi connectivity index (χ1v) is 10.6. The molecule has 0 fully saturated rings. The fourth-order valence-electron chi connectivity index (χ4n) is 2.79. The van der Waals surface area contributed by atoms with E-state index in [1.165, 1.54) is 44.9 Å². The van der Waals surface area contributed by atoms with E-state index in [4.69, 9.17) is 9.47 Å². The van der Waals surface area contributed by atoms with Crippen LogP contribution in [0.15, 0.2) is 24.3 Å². The largest absolute Gasteiger partial charge is 0.514 e. The van der Waals surface area contributed by atoms with Gasteiger partial charge >= 0.3 is 6.16 Å². The van der Waals surface area contributed by atoms with Gasteiger partial charge in [-0.1, -0.05) is 58.3 Å². The molecule has 0 heterocycles. The molecule has 1 N–H and O–H groups in total. The van der Waals surface area contributed by atoms with Gasteiger partial charge in [0.2, 0.25) is 5.91 Å². The van der Waals surface area contributed by atoms with Gasteiger partial charge in [0, 0.05) is 12.1 Å². The second kappa shape index (κ2) is 13.2. The second-order valence-electron chi connectivity index (χ2n) is 8.22. The van der Waals surface area contributed by atoms with E-state index in [2.05, 4.69) is 12.2 Å². The number of carbonyl (C=O) groups is 2. The quantitative estimate of drug-likeness (QED) is 0.240. The van der Waals surface area contributed by atoms with Gasteiger partial charge in [-0.15, -0.1) is 0 Å². The lowest BCUT2D eigenvalue weighted by atomic mass is 10.1. The minimum absolute atomic E-state index is 0.0174. The van der Waals surface area contributed by atoms with E-state index in [0.717, 1.165) is 12.8 Å². The average Bonchev–Trinajstić information content (AvgIpc) is 2.60. The molecule has 0 bridgehead atoms. The highest BCUT2D eigenvalue weighted by molar-refractivity contribution is 5.90. The Bertz CT molecular complexity index is 575. The Hall–Kier alpha value is -2.04. The van der Waals surface area contributed by atoms with E-state index in [-0.39, 0.29) is 5.91 Å². The molecule has 158 valence electrons. The van der Waals surface area contributed by atoms with Crippen LogP contribution in [0.2, 0.25) is 0 Å². The maximum absolute atomic E-state index is 12.0. The number of nitrogens with one attached hydrogen (secondary N) is 1. The van der Waals surface area contributed by atoms with E-state index >= 15 is 0 Å². The Balaban J connectivity index is 2.18. The summed E-state index contributed by atoms with van der Waals surface area (Å²) in [7, 11) is 0. The van der Waals surface area contributed by atoms with Crippen LogP contribution in [0, 0.1) is 0 Å². The normalized spacial score (nSPS) is 11.1. The van der Waals surface area contributed by atoms with Crippen LogP contribution >= 0.6 is 0 Å². The third-order valence-corrected chi connectivity index (χ3v) is 4.24. The Morgan fingerprint density at radius 1 is 0.857 bits per heavy atom. The first-order chi connectivity index (χ1) is 13.3. The third-order valence-electron chi connectivity index (χ3n) is 4.24. The Morgan fingerprint density at radius 2 is 1.39 bits per heavy atom. The van der Waals surface area contributed by atoms with E-state index in [9.17, 15) is 9.59 Å².